The molecule has 2 atom stereocenters. The van der Waals surface area contributed by atoms with Gasteiger partial charge in [-0.2, -0.15) is 0 Å². The van der Waals surface area contributed by atoms with Crippen molar-refractivity contribution in [1.82, 2.24) is 10.2 Å². The maximum Gasteiger partial charge on any atom is 0.243 e. The Labute approximate surface area is 234 Å². The van der Waals surface area contributed by atoms with Crippen molar-refractivity contribution in [2.75, 3.05) is 5.75 Å². The van der Waals surface area contributed by atoms with E-state index >= 15 is 0 Å². The molecule has 0 spiro atoms. The Hall–Kier alpha value is -2.47. The fourth-order valence-electron chi connectivity index (χ4n) is 3.89. The van der Waals surface area contributed by atoms with Crippen LogP contribution in [-0.2, 0) is 22.6 Å². The van der Waals surface area contributed by atoms with Gasteiger partial charge in [-0.1, -0.05) is 78.7 Å². The van der Waals surface area contributed by atoms with Crippen LogP contribution in [0, 0.1) is 0 Å². The summed E-state index contributed by atoms with van der Waals surface area (Å²) in [4.78, 5) is 30.0. The Morgan fingerprint density at radius 2 is 1.62 bits per heavy atom. The van der Waals surface area contributed by atoms with Crippen molar-refractivity contribution in [1.29, 1.82) is 0 Å². The molecule has 0 aliphatic carbocycles. The van der Waals surface area contributed by atoms with Crippen molar-refractivity contribution < 1.29 is 9.59 Å². The summed E-state index contributed by atoms with van der Waals surface area (Å²) < 4.78 is 0. The zero-order chi connectivity index (χ0) is 26.6. The van der Waals surface area contributed by atoms with Gasteiger partial charge in [0.15, 0.2) is 0 Å². The molecule has 7 heteroatoms. The third-order valence-electron chi connectivity index (χ3n) is 6.19. The number of thioether (sulfide) groups is 1. The second-order valence-electron chi connectivity index (χ2n) is 9.04. The molecule has 0 heterocycles. The smallest absolute Gasteiger partial charge is 0.243 e. The Morgan fingerprint density at radius 3 is 2.30 bits per heavy atom. The van der Waals surface area contributed by atoms with Gasteiger partial charge in [0.1, 0.15) is 6.04 Å². The first-order valence-corrected chi connectivity index (χ1v) is 14.4. The summed E-state index contributed by atoms with van der Waals surface area (Å²) in [5, 5.41) is 4.38. The van der Waals surface area contributed by atoms with Crippen molar-refractivity contribution in [3.8, 4) is 0 Å². The number of halogens is 2. The first-order chi connectivity index (χ1) is 17.9. The van der Waals surface area contributed by atoms with Crippen LogP contribution in [0.4, 0.5) is 0 Å². The maximum atomic E-state index is 13.7. The lowest BCUT2D eigenvalue weighted by Gasteiger charge is -2.32. The number of hydrogen-bond acceptors (Lipinski definition) is 3. The molecular weight excluding hydrogens is 523 g/mol. The minimum absolute atomic E-state index is 0.0128. The standard InChI is InChI=1S/C30H34Cl2N2O2S/c1-3-22(2)33-30(36)28(20-23-10-5-4-6-11-23)34(21-24-12-7-8-13-27(24)32)29(35)14-9-19-37-26-17-15-25(31)16-18-26/h4-8,10-13,15-18,22,28H,3,9,14,19-21H2,1-2H3,(H,33,36). The van der Waals surface area contributed by atoms with Gasteiger partial charge in [0.05, 0.1) is 0 Å². The van der Waals surface area contributed by atoms with Crippen molar-refractivity contribution in [3.63, 3.8) is 0 Å². The largest absolute Gasteiger partial charge is 0.352 e. The van der Waals surface area contributed by atoms with E-state index < -0.39 is 6.04 Å². The quantitative estimate of drug-likeness (QED) is 0.176. The zero-order valence-corrected chi connectivity index (χ0v) is 23.7. The van der Waals surface area contributed by atoms with Crippen molar-refractivity contribution >= 4 is 46.8 Å². The van der Waals surface area contributed by atoms with Gasteiger partial charge in [0, 0.05) is 40.4 Å². The highest BCUT2D eigenvalue weighted by molar-refractivity contribution is 7.99. The van der Waals surface area contributed by atoms with E-state index in [1.165, 1.54) is 0 Å². The summed E-state index contributed by atoms with van der Waals surface area (Å²) >= 11 is 14.1. The number of carbonyl (C=O) groups excluding carboxylic acids is 2. The van der Waals surface area contributed by atoms with Crippen molar-refractivity contribution in [2.45, 2.75) is 63.1 Å². The second kappa shape index (κ2) is 15.1. The van der Waals surface area contributed by atoms with E-state index in [1.807, 2.05) is 92.7 Å². The van der Waals surface area contributed by atoms with Gasteiger partial charge < -0.3 is 10.2 Å². The van der Waals surface area contributed by atoms with Gasteiger partial charge in [0.2, 0.25) is 11.8 Å². The maximum absolute atomic E-state index is 13.7. The van der Waals surface area contributed by atoms with E-state index in [9.17, 15) is 9.59 Å². The molecule has 2 amide bonds. The van der Waals surface area contributed by atoms with Crippen LogP contribution in [0.5, 0.6) is 0 Å². The van der Waals surface area contributed by atoms with Gasteiger partial charge in [0.25, 0.3) is 0 Å². The molecule has 0 radical (unpaired) electrons. The average molecular weight is 558 g/mol. The monoisotopic (exact) mass is 556 g/mol. The Balaban J connectivity index is 1.80. The van der Waals surface area contributed by atoms with Crippen LogP contribution >= 0.6 is 35.0 Å². The molecular formula is C30H34Cl2N2O2S. The van der Waals surface area contributed by atoms with E-state index in [-0.39, 0.29) is 24.4 Å². The molecule has 3 aromatic carbocycles. The average Bonchev–Trinajstić information content (AvgIpc) is 2.91. The molecule has 1 N–H and O–H groups in total. The van der Waals surface area contributed by atoms with Gasteiger partial charge in [-0.3, -0.25) is 9.59 Å². The predicted molar refractivity (Wildman–Crippen MR) is 155 cm³/mol. The molecule has 0 saturated carbocycles. The van der Waals surface area contributed by atoms with Gasteiger partial charge >= 0.3 is 0 Å². The van der Waals surface area contributed by atoms with Gasteiger partial charge in [-0.05, 0) is 67.0 Å². The number of nitrogens with one attached hydrogen (secondary N) is 1. The van der Waals surface area contributed by atoms with Crippen LogP contribution < -0.4 is 5.32 Å². The van der Waals surface area contributed by atoms with Crippen LogP contribution in [0.3, 0.4) is 0 Å². The lowest BCUT2D eigenvalue weighted by Crippen LogP contribution is -2.52. The lowest BCUT2D eigenvalue weighted by molar-refractivity contribution is -0.141. The predicted octanol–water partition coefficient (Wildman–Crippen LogP) is 7.42. The van der Waals surface area contributed by atoms with E-state index in [4.69, 9.17) is 23.2 Å². The third-order valence-corrected chi connectivity index (χ3v) is 7.91. The van der Waals surface area contributed by atoms with Crippen LogP contribution in [0.15, 0.2) is 83.8 Å². The molecule has 4 nitrogen and oxygen atoms in total. The molecule has 0 aliphatic rings. The van der Waals surface area contributed by atoms with E-state index in [0.717, 1.165) is 28.2 Å². The summed E-state index contributed by atoms with van der Waals surface area (Å²) in [7, 11) is 0. The molecule has 37 heavy (non-hydrogen) atoms. The summed E-state index contributed by atoms with van der Waals surface area (Å²) in [5.74, 6) is 0.585. The van der Waals surface area contributed by atoms with Crippen LogP contribution in [-0.4, -0.2) is 34.6 Å². The highest BCUT2D eigenvalue weighted by Crippen LogP contribution is 2.24. The number of rotatable bonds is 13. The molecule has 2 unspecified atom stereocenters. The van der Waals surface area contributed by atoms with Crippen LogP contribution in [0.25, 0.3) is 0 Å². The Morgan fingerprint density at radius 1 is 0.946 bits per heavy atom. The number of amides is 2. The third kappa shape index (κ3) is 9.41. The lowest BCUT2D eigenvalue weighted by atomic mass is 10.0. The first-order valence-electron chi connectivity index (χ1n) is 12.6. The fraction of sp³-hybridized carbons (Fsp3) is 0.333. The van der Waals surface area contributed by atoms with Crippen molar-refractivity contribution in [3.05, 3.63) is 100 Å². The summed E-state index contributed by atoms with van der Waals surface area (Å²) in [6.07, 6.45) is 2.27. The molecule has 196 valence electrons. The summed E-state index contributed by atoms with van der Waals surface area (Å²) in [6.45, 7) is 4.28. The van der Waals surface area contributed by atoms with Gasteiger partial charge in [-0.25, -0.2) is 0 Å². The molecule has 0 saturated heterocycles. The topological polar surface area (TPSA) is 49.4 Å². The summed E-state index contributed by atoms with van der Waals surface area (Å²) in [6, 6.07) is 24.4. The zero-order valence-electron chi connectivity index (χ0n) is 21.3. The second-order valence-corrected chi connectivity index (χ2v) is 11.1. The Kier molecular flexibility index (Phi) is 11.8. The Bertz CT molecular complexity index is 1140. The molecule has 0 aliphatic heterocycles. The van der Waals surface area contributed by atoms with E-state index in [1.54, 1.807) is 16.7 Å². The molecule has 0 aromatic heterocycles. The van der Waals surface area contributed by atoms with Crippen molar-refractivity contribution in [2.24, 2.45) is 0 Å². The minimum atomic E-state index is -0.649. The van der Waals surface area contributed by atoms with Crippen LogP contribution in [0.1, 0.15) is 44.2 Å². The van der Waals surface area contributed by atoms with Crippen LogP contribution in [0.2, 0.25) is 10.0 Å². The normalized spacial score (nSPS) is 12.5. The molecule has 3 rings (SSSR count). The number of benzene rings is 3. The minimum Gasteiger partial charge on any atom is -0.352 e. The molecule has 3 aromatic rings. The molecule has 0 fully saturated rings. The fourth-order valence-corrected chi connectivity index (χ4v) is 5.07. The SMILES string of the molecule is CCC(C)NC(=O)C(Cc1ccccc1)N(Cc1ccccc1Cl)C(=O)CCCSc1ccc(Cl)cc1. The number of hydrogen-bond donors (Lipinski definition) is 1. The van der Waals surface area contributed by atoms with E-state index in [2.05, 4.69) is 5.32 Å². The molecule has 0 bridgehead atoms. The number of nitrogens with zero attached hydrogens (tertiary/aromatic N) is 1. The first kappa shape index (κ1) is 29.1. The number of carbonyl (C=O) groups is 2. The highest BCUT2D eigenvalue weighted by Gasteiger charge is 2.31. The summed E-state index contributed by atoms with van der Waals surface area (Å²) in [5.41, 5.74) is 1.82. The highest BCUT2D eigenvalue weighted by atomic mass is 35.5. The van der Waals surface area contributed by atoms with Gasteiger partial charge in [-0.15, -0.1) is 11.8 Å². The van der Waals surface area contributed by atoms with E-state index in [0.29, 0.717) is 29.3 Å².